The molecule has 0 aliphatic carbocycles. The summed E-state index contributed by atoms with van der Waals surface area (Å²) in [5, 5.41) is 6.42. The van der Waals surface area contributed by atoms with Gasteiger partial charge in [-0.1, -0.05) is 29.3 Å². The van der Waals surface area contributed by atoms with E-state index in [-0.39, 0.29) is 24.8 Å². The number of nitrogens with zero attached hydrogens (tertiary/aromatic N) is 3. The van der Waals surface area contributed by atoms with Gasteiger partial charge in [-0.25, -0.2) is 9.97 Å². The molecule has 0 saturated carbocycles. The number of halogens is 4. The summed E-state index contributed by atoms with van der Waals surface area (Å²) >= 11 is 13.9. The lowest BCUT2D eigenvalue weighted by atomic mass is 10.2. The van der Waals surface area contributed by atoms with Crippen LogP contribution >= 0.6 is 59.4 Å². The Labute approximate surface area is 179 Å². The predicted octanol–water partition coefficient (Wildman–Crippen LogP) is 5.87. The van der Waals surface area contributed by atoms with Crippen LogP contribution in [0.3, 0.4) is 0 Å². The largest absolute Gasteiger partial charge is 0.368 e. The van der Waals surface area contributed by atoms with Crippen molar-refractivity contribution >= 4 is 76.2 Å². The number of benzene rings is 1. The molecule has 0 spiro atoms. The average molecular weight is 454 g/mol. The maximum Gasteiger partial charge on any atom is 0.154 e. The third kappa shape index (κ3) is 5.59. The van der Waals surface area contributed by atoms with Crippen molar-refractivity contribution in [3.05, 3.63) is 39.7 Å². The Hall–Kier alpha value is -0.820. The van der Waals surface area contributed by atoms with Crippen molar-refractivity contribution in [2.75, 3.05) is 32.5 Å². The van der Waals surface area contributed by atoms with E-state index in [0.29, 0.717) is 10.0 Å². The van der Waals surface area contributed by atoms with Gasteiger partial charge in [-0.2, -0.15) is 0 Å². The molecule has 0 unspecified atom stereocenters. The van der Waals surface area contributed by atoms with Gasteiger partial charge in [-0.3, -0.25) is 0 Å². The molecule has 3 rings (SSSR count). The summed E-state index contributed by atoms with van der Waals surface area (Å²) in [6.45, 7) is 1.85. The molecule has 9 heteroatoms. The molecule has 142 valence electrons. The molecule has 0 fully saturated rings. The fourth-order valence-electron chi connectivity index (χ4n) is 2.36. The molecular weight excluding hydrogens is 434 g/mol. The van der Waals surface area contributed by atoms with Crippen molar-refractivity contribution < 1.29 is 0 Å². The first-order valence-corrected chi connectivity index (χ1v) is 9.27. The van der Waals surface area contributed by atoms with Crippen molar-refractivity contribution in [3.8, 4) is 10.6 Å². The molecule has 0 aliphatic rings. The molecule has 3 aromatic rings. The Kier molecular flexibility index (Phi) is 9.38. The zero-order chi connectivity index (χ0) is 17.1. The molecule has 1 N–H and O–H groups in total. The minimum absolute atomic E-state index is 0. The topological polar surface area (TPSA) is 41.0 Å². The lowest BCUT2D eigenvalue weighted by Crippen LogP contribution is -2.17. The Balaban J connectivity index is 0.00000169. The van der Waals surface area contributed by atoms with Crippen molar-refractivity contribution in [3.63, 3.8) is 0 Å². The first-order valence-electron chi connectivity index (χ1n) is 7.64. The SMILES string of the molecule is CN(C)CCCNc1nc2cc(Cl)c(Cl)cc2nc1-c1cccs1.Cl.Cl. The van der Waals surface area contributed by atoms with E-state index in [1.54, 1.807) is 23.5 Å². The molecule has 2 aromatic heterocycles. The number of thiophene rings is 1. The van der Waals surface area contributed by atoms with Crippen LogP contribution in [0, 0.1) is 0 Å². The Morgan fingerprint density at radius 2 is 1.73 bits per heavy atom. The van der Waals surface area contributed by atoms with Crippen LogP contribution in [0.1, 0.15) is 6.42 Å². The molecule has 0 amide bonds. The van der Waals surface area contributed by atoms with E-state index in [1.807, 2.05) is 17.5 Å². The number of anilines is 1. The van der Waals surface area contributed by atoms with E-state index in [0.717, 1.165) is 46.9 Å². The monoisotopic (exact) mass is 452 g/mol. The van der Waals surface area contributed by atoms with E-state index in [1.165, 1.54) is 0 Å². The molecule has 0 aliphatic heterocycles. The van der Waals surface area contributed by atoms with E-state index in [4.69, 9.17) is 33.2 Å². The summed E-state index contributed by atoms with van der Waals surface area (Å²) in [6.07, 6.45) is 1.03. The van der Waals surface area contributed by atoms with Crippen LogP contribution in [0.4, 0.5) is 5.82 Å². The predicted molar refractivity (Wildman–Crippen MR) is 119 cm³/mol. The number of hydrogen-bond acceptors (Lipinski definition) is 5. The van der Waals surface area contributed by atoms with Crippen molar-refractivity contribution in [1.29, 1.82) is 0 Å². The van der Waals surface area contributed by atoms with Gasteiger partial charge in [0.05, 0.1) is 26.0 Å². The number of aromatic nitrogens is 2. The maximum atomic E-state index is 6.12. The second kappa shape index (κ2) is 10.5. The summed E-state index contributed by atoms with van der Waals surface area (Å²) in [7, 11) is 4.14. The van der Waals surface area contributed by atoms with E-state index < -0.39 is 0 Å². The lowest BCUT2D eigenvalue weighted by Gasteiger charge is -2.13. The number of fused-ring (bicyclic) bond motifs is 1. The minimum atomic E-state index is 0. The third-order valence-electron chi connectivity index (χ3n) is 3.54. The minimum Gasteiger partial charge on any atom is -0.368 e. The van der Waals surface area contributed by atoms with Gasteiger partial charge in [0.2, 0.25) is 0 Å². The maximum absolute atomic E-state index is 6.12. The Morgan fingerprint density at radius 3 is 2.31 bits per heavy atom. The van der Waals surface area contributed by atoms with Gasteiger partial charge in [-0.05, 0) is 50.6 Å². The first kappa shape index (κ1) is 23.2. The second-order valence-corrected chi connectivity index (χ2v) is 7.50. The summed E-state index contributed by atoms with van der Waals surface area (Å²) in [5.74, 6) is 0.780. The number of nitrogens with one attached hydrogen (secondary N) is 1. The van der Waals surface area contributed by atoms with Crippen LogP contribution < -0.4 is 5.32 Å². The van der Waals surface area contributed by atoms with Gasteiger partial charge >= 0.3 is 0 Å². The third-order valence-corrected chi connectivity index (χ3v) is 5.13. The van der Waals surface area contributed by atoms with Crippen molar-refractivity contribution in [2.24, 2.45) is 0 Å². The normalized spacial score (nSPS) is 10.5. The first-order chi connectivity index (χ1) is 11.5. The van der Waals surface area contributed by atoms with Gasteiger partial charge < -0.3 is 10.2 Å². The molecular formula is C17H20Cl4N4S. The van der Waals surface area contributed by atoms with Gasteiger partial charge in [0, 0.05) is 6.54 Å². The fourth-order valence-corrected chi connectivity index (χ4v) is 3.39. The molecule has 1 aromatic carbocycles. The van der Waals surface area contributed by atoms with E-state index >= 15 is 0 Å². The zero-order valence-corrected chi connectivity index (χ0v) is 18.3. The Morgan fingerprint density at radius 1 is 1.08 bits per heavy atom. The van der Waals surface area contributed by atoms with Crippen molar-refractivity contribution in [2.45, 2.75) is 6.42 Å². The summed E-state index contributed by atoms with van der Waals surface area (Å²) in [4.78, 5) is 12.7. The summed E-state index contributed by atoms with van der Waals surface area (Å²) < 4.78 is 0. The molecule has 4 nitrogen and oxygen atoms in total. The molecule has 26 heavy (non-hydrogen) atoms. The second-order valence-electron chi connectivity index (χ2n) is 5.74. The van der Waals surface area contributed by atoms with Gasteiger partial charge in [0.25, 0.3) is 0 Å². The lowest BCUT2D eigenvalue weighted by molar-refractivity contribution is 0.405. The van der Waals surface area contributed by atoms with Crippen LogP contribution in [0.15, 0.2) is 29.6 Å². The highest BCUT2D eigenvalue weighted by Gasteiger charge is 2.13. The number of rotatable bonds is 6. The highest BCUT2D eigenvalue weighted by molar-refractivity contribution is 7.13. The molecule has 0 radical (unpaired) electrons. The Bertz CT molecular complexity index is 840. The number of hydrogen-bond donors (Lipinski definition) is 1. The van der Waals surface area contributed by atoms with Crippen LogP contribution in [-0.4, -0.2) is 42.1 Å². The average Bonchev–Trinajstić information content (AvgIpc) is 3.06. The standard InChI is InChI=1S/C17H18Cl2N4S.2ClH/c1-23(2)7-4-6-20-17-16(15-5-3-8-24-15)21-13-9-11(18)12(19)10-14(13)22-17;;/h3,5,8-10H,4,6-7H2,1-2H3,(H,20,22);2*1H. The van der Waals surface area contributed by atoms with Crippen LogP contribution in [0.25, 0.3) is 21.6 Å². The highest BCUT2D eigenvalue weighted by atomic mass is 35.5. The van der Waals surface area contributed by atoms with Gasteiger partial charge in [0.1, 0.15) is 5.69 Å². The van der Waals surface area contributed by atoms with Crippen LogP contribution in [0.2, 0.25) is 10.0 Å². The highest BCUT2D eigenvalue weighted by Crippen LogP contribution is 2.33. The van der Waals surface area contributed by atoms with E-state index in [9.17, 15) is 0 Å². The van der Waals surface area contributed by atoms with E-state index in [2.05, 4.69) is 24.3 Å². The van der Waals surface area contributed by atoms with Gasteiger partial charge in [-0.15, -0.1) is 36.2 Å². The smallest absolute Gasteiger partial charge is 0.154 e. The quantitative estimate of drug-likeness (QED) is 0.473. The fraction of sp³-hybridized carbons (Fsp3) is 0.294. The molecule has 0 saturated heterocycles. The molecule has 2 heterocycles. The van der Waals surface area contributed by atoms with Crippen LogP contribution in [-0.2, 0) is 0 Å². The zero-order valence-electron chi connectivity index (χ0n) is 14.3. The summed E-state index contributed by atoms with van der Waals surface area (Å²) in [5.41, 5.74) is 2.33. The summed E-state index contributed by atoms with van der Waals surface area (Å²) in [6, 6.07) is 7.58. The van der Waals surface area contributed by atoms with Gasteiger partial charge in [0.15, 0.2) is 5.82 Å². The van der Waals surface area contributed by atoms with Crippen molar-refractivity contribution in [1.82, 2.24) is 14.9 Å². The molecule has 0 atom stereocenters. The van der Waals surface area contributed by atoms with Crippen LogP contribution in [0.5, 0.6) is 0 Å². The molecule has 0 bridgehead atoms.